The smallest absolute Gasteiger partial charge is 0.436 e. The molecular formula is C66H73Cl6F9N12O11. The molecule has 0 saturated carbocycles. The number of aliphatic carboxylic acids is 1. The number of carboxylic acids is 1. The van der Waals surface area contributed by atoms with Gasteiger partial charge in [0.2, 0.25) is 11.8 Å². The van der Waals surface area contributed by atoms with Gasteiger partial charge in [-0.1, -0.05) is 99.9 Å². The van der Waals surface area contributed by atoms with Crippen LogP contribution in [0.5, 0.6) is 17.2 Å². The number of nitrogens with zero attached hydrogens (tertiary/aromatic N) is 11. The van der Waals surface area contributed by atoms with Gasteiger partial charge in [0, 0.05) is 101 Å². The number of amides is 2. The first kappa shape index (κ1) is 83.5. The standard InChI is InChI=1S/C21H23Cl2F3N4O4.C19H21Cl2F3N4O3.C19H23ClN2O2.C7H6ClF3N2O2/c1-12-19(23)20(21(24,25)26)27-30(12)10-18(32)28-6-7-29(15(9-28)11-34-13(2)31)14-4-5-16(22)17(8-14)33-3;1-11-17(21)18(19(22,23)24)25-28(11)9-16(30)26-5-6-27(13(8-26)10-29)12-3-4-14(20)15(7-12)31-2;1-23-19-11-16(7-8-18(19)20)22-10-9-21-12-17(22)14-24-13-15-5-3-2-4-6-15;1-3-5(8)6(7(9,10)11)12-13(3)2-4(14)15/h4-5,8,15H,6-7,9-11H2,1-3H3;3-4,7,13,29H,5-6,8-10H2,1-2H3;2-8,11,17,21H,9-10,12-14H2,1H3;2H2,1H3,(H,14,15)/t15-;13-;17-;/m111./s1. The third kappa shape index (κ3) is 21.9. The largest absolute Gasteiger partial charge is 0.495 e. The third-order valence-corrected chi connectivity index (χ3v) is 18.9. The Labute approximate surface area is 621 Å². The molecular weight excluding hydrogens is 1520 g/mol. The van der Waals surface area contributed by atoms with E-state index in [9.17, 15) is 63.8 Å². The molecule has 3 fully saturated rings. The van der Waals surface area contributed by atoms with Gasteiger partial charge in [-0.05, 0) is 62.7 Å². The van der Waals surface area contributed by atoms with Crippen molar-refractivity contribution in [2.45, 2.75) is 90.6 Å². The van der Waals surface area contributed by atoms with Crippen LogP contribution < -0.4 is 34.2 Å². The van der Waals surface area contributed by atoms with Crippen molar-refractivity contribution >= 4 is 110 Å². The number of anilines is 3. The van der Waals surface area contributed by atoms with Crippen LogP contribution in [0.1, 0.15) is 46.7 Å². The fourth-order valence-corrected chi connectivity index (χ4v) is 12.4. The van der Waals surface area contributed by atoms with Gasteiger partial charge >= 0.3 is 30.5 Å². The first-order chi connectivity index (χ1) is 49.0. The lowest BCUT2D eigenvalue weighted by atomic mass is 10.1. The molecule has 2 amide bonds. The van der Waals surface area contributed by atoms with E-state index in [1.165, 1.54) is 57.3 Å². The molecule has 3 aromatic heterocycles. The van der Waals surface area contributed by atoms with E-state index >= 15 is 0 Å². The summed E-state index contributed by atoms with van der Waals surface area (Å²) in [5.41, 5.74) is 0.231. The van der Waals surface area contributed by atoms with Crippen LogP contribution in [0, 0.1) is 20.8 Å². The van der Waals surface area contributed by atoms with Gasteiger partial charge in [0.1, 0.15) is 43.5 Å². The molecule has 3 atom stereocenters. The van der Waals surface area contributed by atoms with Gasteiger partial charge in [0.15, 0.2) is 17.1 Å². The van der Waals surface area contributed by atoms with E-state index in [0.29, 0.717) is 76.4 Å². The monoisotopic (exact) mass is 1590 g/mol. The minimum atomic E-state index is -4.73. The average molecular weight is 1590 g/mol. The molecule has 6 heterocycles. The van der Waals surface area contributed by atoms with Crippen molar-refractivity contribution in [3.8, 4) is 17.2 Å². The van der Waals surface area contributed by atoms with Crippen LogP contribution in [-0.2, 0) is 73.4 Å². The second-order valence-electron chi connectivity index (χ2n) is 23.5. The number of aliphatic hydroxyl groups is 1. The Hall–Kier alpha value is -7.82. The summed E-state index contributed by atoms with van der Waals surface area (Å²) in [6.07, 6.45) is -14.1. The quantitative estimate of drug-likeness (QED) is 0.0504. The van der Waals surface area contributed by atoms with E-state index in [2.05, 4.69) is 37.6 Å². The molecule has 3 aliphatic rings. The number of methoxy groups -OCH3 is 3. The van der Waals surface area contributed by atoms with Crippen molar-refractivity contribution in [2.75, 3.05) is 115 Å². The molecule has 4 aromatic carbocycles. The Bertz CT molecular complexity index is 4100. The summed E-state index contributed by atoms with van der Waals surface area (Å²) in [6, 6.07) is 26.1. The number of aliphatic hydroxyl groups excluding tert-OH is 1. The van der Waals surface area contributed by atoms with E-state index in [0.717, 1.165) is 46.1 Å². The Morgan fingerprint density at radius 1 is 0.529 bits per heavy atom. The normalized spacial score (nSPS) is 16.3. The zero-order valence-corrected chi connectivity index (χ0v) is 61.3. The molecule has 0 unspecified atom stereocenters. The number of halogens is 15. The third-order valence-electron chi connectivity index (χ3n) is 16.6. The van der Waals surface area contributed by atoms with Crippen LogP contribution in [0.25, 0.3) is 0 Å². The lowest BCUT2D eigenvalue weighted by Crippen LogP contribution is -2.57. The van der Waals surface area contributed by atoms with Crippen molar-refractivity contribution in [3.05, 3.63) is 155 Å². The summed E-state index contributed by atoms with van der Waals surface area (Å²) in [5.74, 6) is -0.947. The molecule has 7 aromatic rings. The van der Waals surface area contributed by atoms with Gasteiger partial charge in [0.25, 0.3) is 0 Å². The van der Waals surface area contributed by atoms with Crippen molar-refractivity contribution in [1.29, 1.82) is 0 Å². The van der Waals surface area contributed by atoms with E-state index in [1.54, 1.807) is 43.5 Å². The number of ether oxygens (including phenoxy) is 5. The molecule has 10 rings (SSSR count). The molecule has 0 spiro atoms. The predicted molar refractivity (Wildman–Crippen MR) is 372 cm³/mol. The number of nitrogens with one attached hydrogen (secondary N) is 1. The molecule has 23 nitrogen and oxygen atoms in total. The maximum absolute atomic E-state index is 13.1. The van der Waals surface area contributed by atoms with Crippen LogP contribution in [0.15, 0.2) is 84.9 Å². The van der Waals surface area contributed by atoms with Gasteiger partial charge < -0.3 is 63.7 Å². The molecule has 3 aliphatic heterocycles. The number of esters is 1. The van der Waals surface area contributed by atoms with Crippen molar-refractivity contribution in [1.82, 2.24) is 44.5 Å². The molecule has 0 aliphatic carbocycles. The number of alkyl halides is 9. The fourth-order valence-electron chi connectivity index (χ4n) is 11.1. The van der Waals surface area contributed by atoms with Crippen LogP contribution in [-0.4, -0.2) is 191 Å². The van der Waals surface area contributed by atoms with Crippen molar-refractivity contribution in [2.24, 2.45) is 0 Å². The van der Waals surface area contributed by atoms with Gasteiger partial charge in [-0.15, -0.1) is 0 Å². The number of hydrogen-bond acceptors (Lipinski definition) is 17. The maximum atomic E-state index is 13.1. The number of carbonyl (C=O) groups is 4. The molecule has 3 N–H and O–H groups in total. The molecule has 0 bridgehead atoms. The number of piperazine rings is 3. The molecule has 3 saturated heterocycles. The van der Waals surface area contributed by atoms with E-state index in [1.807, 2.05) is 46.2 Å². The Morgan fingerprint density at radius 2 is 0.913 bits per heavy atom. The predicted octanol–water partition coefficient (Wildman–Crippen LogP) is 12.3. The second kappa shape index (κ2) is 36.9. The number of carboxylic acid groups (broad SMARTS) is 1. The minimum Gasteiger partial charge on any atom is -0.495 e. The van der Waals surface area contributed by atoms with Crippen LogP contribution in [0.2, 0.25) is 30.1 Å². The number of aromatic nitrogens is 6. The Balaban J connectivity index is 0.000000201. The van der Waals surface area contributed by atoms with Gasteiger partial charge in [0.05, 0.1) is 106 Å². The summed E-state index contributed by atoms with van der Waals surface area (Å²) in [4.78, 5) is 56.6. The number of benzene rings is 4. The zero-order chi connectivity index (χ0) is 76.7. The Kier molecular flexibility index (Phi) is 29.6. The zero-order valence-electron chi connectivity index (χ0n) is 56.8. The number of hydrogen-bond donors (Lipinski definition) is 3. The molecule has 568 valence electrons. The minimum absolute atomic E-state index is 0.00883. The fraction of sp³-hybridized carbons (Fsp3) is 0.439. The average Bonchev–Trinajstić information content (AvgIpc) is 1.74. The van der Waals surface area contributed by atoms with Crippen LogP contribution in [0.3, 0.4) is 0 Å². The highest BCUT2D eigenvalue weighted by Gasteiger charge is 2.42. The highest BCUT2D eigenvalue weighted by Crippen LogP contribution is 2.40. The topological polar surface area (TPSA) is 237 Å². The summed E-state index contributed by atoms with van der Waals surface area (Å²) >= 11 is 35.2. The first-order valence-corrected chi connectivity index (χ1v) is 33.8. The number of carbonyl (C=O) groups excluding carboxylic acids is 3. The van der Waals surface area contributed by atoms with Crippen molar-refractivity contribution in [3.63, 3.8) is 0 Å². The lowest BCUT2D eigenvalue weighted by Gasteiger charge is -2.42. The maximum Gasteiger partial charge on any atom is 0.436 e. The van der Waals surface area contributed by atoms with E-state index < -0.39 is 99.6 Å². The summed E-state index contributed by atoms with van der Waals surface area (Å²) in [5, 5.41) is 31.7. The highest BCUT2D eigenvalue weighted by molar-refractivity contribution is 6.33. The SMILES string of the molecule is COc1cc(N2CCN(C(=O)Cn3nc(C(F)(F)F)c(Cl)c3C)C[C@@H]2CO)ccc1Cl.COc1cc(N2CCN(C(=O)Cn3nc(C(F)(F)F)c(Cl)c3C)C[C@@H]2COC(C)=O)ccc1Cl.COc1cc(N2CCNC[C@@H]2COCc2ccccc2)ccc1Cl.Cc1c(Cl)c(C(F)(F)F)nn1CC(=O)O. The van der Waals surface area contributed by atoms with E-state index in [4.69, 9.17) is 98.4 Å². The van der Waals surface area contributed by atoms with Gasteiger partial charge in [-0.3, -0.25) is 33.2 Å². The summed E-state index contributed by atoms with van der Waals surface area (Å²) in [6.45, 7) is 9.53. The van der Waals surface area contributed by atoms with Crippen molar-refractivity contribution < 1.29 is 92.6 Å². The highest BCUT2D eigenvalue weighted by atomic mass is 35.5. The van der Waals surface area contributed by atoms with E-state index in [-0.39, 0.29) is 56.0 Å². The Morgan fingerprint density at radius 3 is 1.28 bits per heavy atom. The van der Waals surface area contributed by atoms with Crippen LogP contribution >= 0.6 is 69.6 Å². The lowest BCUT2D eigenvalue weighted by molar-refractivity contribution is -0.143. The second-order valence-corrected chi connectivity index (χ2v) is 25.8. The van der Waals surface area contributed by atoms with Gasteiger partial charge in [-0.25, -0.2) is 0 Å². The first-order valence-electron chi connectivity index (χ1n) is 31.5. The summed E-state index contributed by atoms with van der Waals surface area (Å²) < 4.78 is 145. The van der Waals surface area contributed by atoms with Crippen LogP contribution in [0.4, 0.5) is 56.6 Å². The molecule has 104 heavy (non-hydrogen) atoms. The molecule has 0 radical (unpaired) electrons. The molecule has 38 heteroatoms. The number of rotatable bonds is 19. The van der Waals surface area contributed by atoms with Gasteiger partial charge in [-0.2, -0.15) is 54.8 Å². The summed E-state index contributed by atoms with van der Waals surface area (Å²) in [7, 11) is 4.63.